The fourth-order valence-electron chi connectivity index (χ4n) is 2.94. The van der Waals surface area contributed by atoms with Crippen LogP contribution in [0.3, 0.4) is 0 Å². The Kier molecular flexibility index (Phi) is 9.46. The summed E-state index contributed by atoms with van der Waals surface area (Å²) in [5.41, 5.74) is 0. The second-order valence-corrected chi connectivity index (χ2v) is 6.32. The number of aliphatic hydroxyl groups excluding tert-OH is 4. The molecule has 1 rings (SSSR count). The largest absolute Gasteiger partial charge is 0.394 e. The first-order valence-corrected chi connectivity index (χ1v) is 8.61. The molecular formula is C17H31NO6. The average Bonchev–Trinajstić information content (AvgIpc) is 2.57. The summed E-state index contributed by atoms with van der Waals surface area (Å²) in [5, 5.41) is 39.0. The summed E-state index contributed by atoms with van der Waals surface area (Å²) in [6.07, 6.45) is 2.93. The summed E-state index contributed by atoms with van der Waals surface area (Å²) in [6, 6.07) is -1.05. The number of carbonyl (C=O) groups is 1. The van der Waals surface area contributed by atoms with Crippen molar-refractivity contribution in [3.05, 3.63) is 12.7 Å². The van der Waals surface area contributed by atoms with E-state index in [9.17, 15) is 20.1 Å². The van der Waals surface area contributed by atoms with Gasteiger partial charge in [-0.2, -0.15) is 0 Å². The topological polar surface area (TPSA) is 110 Å². The van der Waals surface area contributed by atoms with Crippen LogP contribution in [0.25, 0.3) is 0 Å². The Bertz CT molecular complexity index is 391. The van der Waals surface area contributed by atoms with Gasteiger partial charge in [0.15, 0.2) is 6.29 Å². The van der Waals surface area contributed by atoms with Gasteiger partial charge in [0.1, 0.15) is 24.4 Å². The SMILES string of the molecule is C=CCCCCCCCC(=O)N(C)[C@H]1C(O)O[C@H](CO)[C@@H](O)[C@@H]1O. The van der Waals surface area contributed by atoms with Gasteiger partial charge in [-0.05, 0) is 19.3 Å². The lowest BCUT2D eigenvalue weighted by atomic mass is 9.95. The molecule has 1 heterocycles. The molecule has 7 heteroatoms. The van der Waals surface area contributed by atoms with E-state index in [0.717, 1.165) is 38.5 Å². The molecule has 1 aliphatic heterocycles. The number of unbranched alkanes of at least 4 members (excludes halogenated alkanes) is 5. The predicted molar refractivity (Wildman–Crippen MR) is 89.1 cm³/mol. The predicted octanol–water partition coefficient (Wildman–Crippen LogP) is 0.161. The third-order valence-electron chi connectivity index (χ3n) is 4.51. The van der Waals surface area contributed by atoms with Crippen LogP contribution in [0.5, 0.6) is 0 Å². The number of carbonyl (C=O) groups excluding carboxylic acids is 1. The van der Waals surface area contributed by atoms with Crippen LogP contribution < -0.4 is 0 Å². The van der Waals surface area contributed by atoms with Gasteiger partial charge in [-0.25, -0.2) is 0 Å². The van der Waals surface area contributed by atoms with Gasteiger partial charge in [-0.1, -0.05) is 25.3 Å². The molecule has 7 nitrogen and oxygen atoms in total. The second-order valence-electron chi connectivity index (χ2n) is 6.32. The standard InChI is InChI=1S/C17H31NO6/c1-3-4-5-6-7-8-9-10-13(20)18(2)14-16(22)15(21)12(11-19)24-17(14)23/h3,12,14-17,19,21-23H,1,4-11H2,2H3/t12-,14-,15-,16-,17?/m1/s1. The molecule has 1 aliphatic rings. The number of allylic oxidation sites excluding steroid dienone is 1. The summed E-state index contributed by atoms with van der Waals surface area (Å²) in [7, 11) is 1.47. The summed E-state index contributed by atoms with van der Waals surface area (Å²) in [6.45, 7) is 3.15. The molecule has 1 amide bonds. The zero-order valence-electron chi connectivity index (χ0n) is 14.4. The summed E-state index contributed by atoms with van der Waals surface area (Å²) >= 11 is 0. The molecule has 0 aromatic heterocycles. The first kappa shape index (κ1) is 21.1. The number of rotatable bonds is 10. The third kappa shape index (κ3) is 5.82. The molecule has 0 aromatic carbocycles. The Morgan fingerprint density at radius 1 is 1.12 bits per heavy atom. The van der Waals surface area contributed by atoms with Crippen molar-refractivity contribution < 1.29 is 30.0 Å². The van der Waals surface area contributed by atoms with Gasteiger partial charge in [0, 0.05) is 13.5 Å². The molecule has 0 radical (unpaired) electrons. The zero-order chi connectivity index (χ0) is 18.1. The summed E-state index contributed by atoms with van der Waals surface area (Å²) in [4.78, 5) is 13.5. The molecule has 1 fully saturated rings. The van der Waals surface area contributed by atoms with Crippen molar-refractivity contribution in [1.29, 1.82) is 0 Å². The van der Waals surface area contributed by atoms with E-state index in [2.05, 4.69) is 6.58 Å². The Labute approximate surface area is 143 Å². The van der Waals surface area contributed by atoms with Gasteiger partial charge in [0.25, 0.3) is 0 Å². The monoisotopic (exact) mass is 345 g/mol. The number of hydrogen-bond acceptors (Lipinski definition) is 6. The minimum absolute atomic E-state index is 0.220. The minimum atomic E-state index is -1.45. The lowest BCUT2D eigenvalue weighted by Gasteiger charge is -2.43. The van der Waals surface area contributed by atoms with E-state index >= 15 is 0 Å². The average molecular weight is 345 g/mol. The van der Waals surface area contributed by atoms with E-state index in [0.29, 0.717) is 6.42 Å². The number of likely N-dealkylation sites (N-methyl/N-ethyl adjacent to an activating group) is 1. The number of hydrogen-bond donors (Lipinski definition) is 4. The fourth-order valence-corrected chi connectivity index (χ4v) is 2.94. The number of nitrogens with zero attached hydrogens (tertiary/aromatic N) is 1. The third-order valence-corrected chi connectivity index (χ3v) is 4.51. The van der Waals surface area contributed by atoms with Crippen molar-refractivity contribution in [2.75, 3.05) is 13.7 Å². The van der Waals surface area contributed by atoms with Gasteiger partial charge >= 0.3 is 0 Å². The van der Waals surface area contributed by atoms with Crippen LogP contribution in [0.4, 0.5) is 0 Å². The highest BCUT2D eigenvalue weighted by molar-refractivity contribution is 5.76. The van der Waals surface area contributed by atoms with Crippen LogP contribution in [0.15, 0.2) is 12.7 Å². The number of ether oxygens (including phenoxy) is 1. The van der Waals surface area contributed by atoms with Gasteiger partial charge in [0.2, 0.25) is 5.91 Å². The van der Waals surface area contributed by atoms with Gasteiger partial charge in [-0.3, -0.25) is 4.79 Å². The van der Waals surface area contributed by atoms with Gasteiger partial charge in [0.05, 0.1) is 6.61 Å². The molecular weight excluding hydrogens is 314 g/mol. The van der Waals surface area contributed by atoms with Crippen LogP contribution in [-0.2, 0) is 9.53 Å². The molecule has 0 aliphatic carbocycles. The molecule has 140 valence electrons. The Balaban J connectivity index is 2.40. The Morgan fingerprint density at radius 3 is 2.38 bits per heavy atom. The highest BCUT2D eigenvalue weighted by Gasteiger charge is 2.46. The zero-order valence-corrected chi connectivity index (χ0v) is 14.4. The van der Waals surface area contributed by atoms with E-state index in [1.54, 1.807) is 0 Å². The summed E-state index contributed by atoms with van der Waals surface area (Å²) in [5.74, 6) is -0.220. The maximum Gasteiger partial charge on any atom is 0.222 e. The number of aliphatic hydroxyl groups is 4. The molecule has 4 N–H and O–H groups in total. The Morgan fingerprint density at radius 2 is 1.75 bits per heavy atom. The molecule has 24 heavy (non-hydrogen) atoms. The van der Waals surface area contributed by atoms with Crippen LogP contribution in [-0.4, -0.2) is 75.5 Å². The molecule has 5 atom stereocenters. The van der Waals surface area contributed by atoms with E-state index < -0.39 is 37.3 Å². The van der Waals surface area contributed by atoms with Crippen molar-refractivity contribution in [1.82, 2.24) is 4.90 Å². The van der Waals surface area contributed by atoms with Crippen LogP contribution in [0.2, 0.25) is 0 Å². The highest BCUT2D eigenvalue weighted by atomic mass is 16.6. The van der Waals surface area contributed by atoms with Crippen molar-refractivity contribution in [3.63, 3.8) is 0 Å². The lowest BCUT2D eigenvalue weighted by molar-refractivity contribution is -0.268. The molecule has 0 aromatic rings. The normalized spacial score (nSPS) is 30.1. The lowest BCUT2D eigenvalue weighted by Crippen LogP contribution is -2.64. The molecule has 0 bridgehead atoms. The highest BCUT2D eigenvalue weighted by Crippen LogP contribution is 2.24. The van der Waals surface area contributed by atoms with E-state index in [4.69, 9.17) is 9.84 Å². The summed E-state index contributed by atoms with van der Waals surface area (Å²) < 4.78 is 5.08. The first-order valence-electron chi connectivity index (χ1n) is 8.61. The quantitative estimate of drug-likeness (QED) is 0.332. The van der Waals surface area contributed by atoms with Crippen molar-refractivity contribution >= 4 is 5.91 Å². The molecule has 0 saturated carbocycles. The second kappa shape index (κ2) is 10.8. The van der Waals surface area contributed by atoms with Crippen molar-refractivity contribution in [2.45, 2.75) is 75.6 Å². The molecule has 0 spiro atoms. The van der Waals surface area contributed by atoms with Crippen molar-refractivity contribution in [3.8, 4) is 0 Å². The van der Waals surface area contributed by atoms with Crippen LogP contribution >= 0.6 is 0 Å². The first-order chi connectivity index (χ1) is 11.4. The van der Waals surface area contributed by atoms with Crippen molar-refractivity contribution in [2.24, 2.45) is 0 Å². The van der Waals surface area contributed by atoms with E-state index in [-0.39, 0.29) is 5.91 Å². The van der Waals surface area contributed by atoms with Gasteiger partial charge < -0.3 is 30.1 Å². The van der Waals surface area contributed by atoms with Crippen LogP contribution in [0, 0.1) is 0 Å². The van der Waals surface area contributed by atoms with E-state index in [1.807, 2.05) is 6.08 Å². The maximum absolute atomic E-state index is 12.2. The smallest absolute Gasteiger partial charge is 0.222 e. The molecule has 1 unspecified atom stereocenters. The number of amides is 1. The Hall–Kier alpha value is -0.990. The fraction of sp³-hybridized carbons (Fsp3) is 0.824. The van der Waals surface area contributed by atoms with Gasteiger partial charge in [-0.15, -0.1) is 6.58 Å². The maximum atomic E-state index is 12.2. The van der Waals surface area contributed by atoms with E-state index in [1.165, 1.54) is 11.9 Å². The van der Waals surface area contributed by atoms with Crippen LogP contribution in [0.1, 0.15) is 44.9 Å². The minimum Gasteiger partial charge on any atom is -0.394 e. The molecule has 1 saturated heterocycles.